The molecule has 0 spiro atoms. The third kappa shape index (κ3) is 4.31. The van der Waals surface area contributed by atoms with E-state index in [0.29, 0.717) is 0 Å². The molecule has 0 fully saturated rings. The summed E-state index contributed by atoms with van der Waals surface area (Å²) in [7, 11) is 0. The van der Waals surface area contributed by atoms with Gasteiger partial charge in [0, 0.05) is 0 Å². The summed E-state index contributed by atoms with van der Waals surface area (Å²) < 4.78 is 0. The first-order valence-corrected chi connectivity index (χ1v) is 2.73. The topological polar surface area (TPSA) is 0 Å². The fourth-order valence-electron chi connectivity index (χ4n) is 0.747. The fraction of sp³-hybridized carbons (Fsp3) is 0.250. The summed E-state index contributed by atoms with van der Waals surface area (Å²) in [6.45, 7) is 4.15. The molecule has 0 aliphatic rings. The van der Waals surface area contributed by atoms with Crippen LogP contribution < -0.4 is 17.0 Å². The quantitative estimate of drug-likeness (QED) is 0.369. The van der Waals surface area contributed by atoms with Gasteiger partial charge in [-0.15, -0.1) is 0 Å². The van der Waals surface area contributed by atoms with Crippen LogP contribution in [0.15, 0.2) is 18.2 Å². The molecule has 1 rings (SSSR count). The van der Waals surface area contributed by atoms with E-state index in [9.17, 15) is 0 Å². The molecule has 0 saturated carbocycles. The average molecular weight is 209 g/mol. The summed E-state index contributed by atoms with van der Waals surface area (Å²) >= 11 is 0. The van der Waals surface area contributed by atoms with Crippen molar-refractivity contribution in [3.05, 3.63) is 35.4 Å². The molecule has 1 aromatic rings. The molecule has 0 N–H and O–H groups in total. The Bertz CT molecular complexity index is 169. The van der Waals surface area contributed by atoms with Crippen molar-refractivity contribution in [1.29, 1.82) is 0 Å². The van der Waals surface area contributed by atoms with Crippen molar-refractivity contribution in [3.63, 3.8) is 0 Å². The fourth-order valence-corrected chi connectivity index (χ4v) is 0.747. The summed E-state index contributed by atoms with van der Waals surface area (Å²) in [6.07, 6.45) is 0. The van der Waals surface area contributed by atoms with Gasteiger partial charge in [-0.1, -0.05) is 13.8 Å². The van der Waals surface area contributed by atoms with E-state index >= 15 is 0 Å². The molecule has 2 heteroatoms. The second-order valence-corrected chi connectivity index (χ2v) is 2.09. The average Bonchev–Trinajstić information content (AvgIpc) is 1.64. The first kappa shape index (κ1) is 13.1. The summed E-state index contributed by atoms with van der Waals surface area (Å²) in [4.78, 5) is 0. The largest absolute Gasteiger partial charge is 2.00 e. The molecule has 0 heterocycles. The van der Waals surface area contributed by atoms with Crippen molar-refractivity contribution in [2.45, 2.75) is 13.8 Å². The van der Waals surface area contributed by atoms with Gasteiger partial charge in [0.15, 0.2) is 0 Å². The van der Waals surface area contributed by atoms with E-state index in [1.807, 2.05) is 12.1 Å². The van der Waals surface area contributed by atoms with E-state index in [4.69, 9.17) is 0 Å². The van der Waals surface area contributed by atoms with Crippen LogP contribution >= 0.6 is 0 Å². The van der Waals surface area contributed by atoms with Crippen molar-refractivity contribution >= 4 is 23.1 Å². The minimum atomic E-state index is 0. The molecule has 0 atom stereocenters. The smallest absolute Gasteiger partial charge is 1.00 e. The summed E-state index contributed by atoms with van der Waals surface area (Å²) in [5.74, 6) is 0. The second-order valence-electron chi connectivity index (χ2n) is 2.09. The third-order valence-electron chi connectivity index (χ3n) is 1.08. The molecule has 0 nitrogen and oxygen atoms in total. The Hall–Kier alpha value is 0.466. The first-order valence-electron chi connectivity index (χ1n) is 2.73. The minimum absolute atomic E-state index is 0. The Morgan fingerprint density at radius 2 is 1.50 bits per heavy atom. The van der Waals surface area contributed by atoms with E-state index in [1.165, 1.54) is 11.1 Å². The zero-order chi connectivity index (χ0) is 5.98. The number of halogens is 1. The van der Waals surface area contributed by atoms with Crippen LogP contribution in [-0.2, 0) is 0 Å². The monoisotopic (exact) mass is 208 g/mol. The number of rotatable bonds is 0. The molecule has 0 aliphatic carbocycles. The van der Waals surface area contributed by atoms with Crippen LogP contribution in [0.3, 0.4) is 0 Å². The third-order valence-corrected chi connectivity index (χ3v) is 1.08. The van der Waals surface area contributed by atoms with Gasteiger partial charge < -0.3 is 17.0 Å². The van der Waals surface area contributed by atoms with E-state index in [1.54, 1.807) is 0 Å². The summed E-state index contributed by atoms with van der Waals surface area (Å²) in [5, 5.41) is 0. The van der Waals surface area contributed by atoms with Gasteiger partial charge in [-0.05, 0) is 0 Å². The molecule has 50 valence electrons. The van der Waals surface area contributed by atoms with Gasteiger partial charge in [-0.3, -0.25) is 0 Å². The van der Waals surface area contributed by atoms with Gasteiger partial charge >= 0.3 is 23.1 Å². The molecule has 0 amide bonds. The standard InChI is InChI=1S/C8H9.BrH.Mg/c1-7-4-3-5-8(2)6-7;;/h4-6H,1-2H3;1H;/q-1;;+2/p-1. The van der Waals surface area contributed by atoms with Crippen LogP contribution in [0, 0.1) is 19.9 Å². The molecule has 0 unspecified atom stereocenters. The van der Waals surface area contributed by atoms with Crippen molar-refractivity contribution in [3.8, 4) is 0 Å². The minimum Gasteiger partial charge on any atom is -1.00 e. The van der Waals surface area contributed by atoms with Gasteiger partial charge in [0.25, 0.3) is 0 Å². The van der Waals surface area contributed by atoms with Gasteiger partial charge in [-0.2, -0.15) is 35.4 Å². The van der Waals surface area contributed by atoms with E-state index in [0.717, 1.165) is 0 Å². The maximum atomic E-state index is 3.03. The maximum Gasteiger partial charge on any atom is 2.00 e. The maximum absolute atomic E-state index is 3.03. The summed E-state index contributed by atoms with van der Waals surface area (Å²) in [5.41, 5.74) is 2.56. The molecule has 0 aliphatic heterocycles. The van der Waals surface area contributed by atoms with Gasteiger partial charge in [0.05, 0.1) is 0 Å². The van der Waals surface area contributed by atoms with E-state index < -0.39 is 0 Å². The Kier molecular flexibility index (Phi) is 8.10. The molecular formula is C8H9BrMg. The Labute approximate surface area is 88.9 Å². The van der Waals surface area contributed by atoms with Crippen LogP contribution in [0.1, 0.15) is 11.1 Å². The first-order chi connectivity index (χ1) is 3.79. The number of aryl methyl sites for hydroxylation is 2. The molecule has 1 aromatic carbocycles. The predicted molar refractivity (Wildman–Crippen MR) is 40.5 cm³/mol. The zero-order valence-electron chi connectivity index (χ0n) is 6.32. The van der Waals surface area contributed by atoms with Crippen LogP contribution in [0.25, 0.3) is 0 Å². The van der Waals surface area contributed by atoms with E-state index in [2.05, 4.69) is 26.0 Å². The Morgan fingerprint density at radius 3 is 1.70 bits per heavy atom. The normalized spacial score (nSPS) is 7.40. The SMILES string of the molecule is Cc1c[c-]cc(C)c1.[Br-].[Mg+2]. The Balaban J connectivity index is 0. The molecule has 10 heavy (non-hydrogen) atoms. The molecule has 0 aromatic heterocycles. The Morgan fingerprint density at radius 1 is 1.10 bits per heavy atom. The number of hydrogen-bond acceptors (Lipinski definition) is 0. The van der Waals surface area contributed by atoms with Crippen LogP contribution in [-0.4, -0.2) is 23.1 Å². The van der Waals surface area contributed by atoms with Crippen LogP contribution in [0.4, 0.5) is 0 Å². The van der Waals surface area contributed by atoms with Crippen molar-refractivity contribution < 1.29 is 17.0 Å². The van der Waals surface area contributed by atoms with Crippen molar-refractivity contribution in [2.24, 2.45) is 0 Å². The van der Waals surface area contributed by atoms with Gasteiger partial charge in [-0.25, -0.2) is 0 Å². The number of hydrogen-bond donors (Lipinski definition) is 0. The zero-order valence-corrected chi connectivity index (χ0v) is 9.32. The second kappa shape index (κ2) is 6.19. The van der Waals surface area contributed by atoms with Gasteiger partial charge in [0.2, 0.25) is 0 Å². The summed E-state index contributed by atoms with van der Waals surface area (Å²) in [6, 6.07) is 9.12. The van der Waals surface area contributed by atoms with Gasteiger partial charge in [0.1, 0.15) is 0 Å². The molecule has 0 radical (unpaired) electrons. The molecule has 0 saturated heterocycles. The van der Waals surface area contributed by atoms with Crippen LogP contribution in [0.2, 0.25) is 0 Å². The van der Waals surface area contributed by atoms with Crippen molar-refractivity contribution in [2.75, 3.05) is 0 Å². The molecular weight excluding hydrogens is 200 g/mol. The van der Waals surface area contributed by atoms with E-state index in [-0.39, 0.29) is 40.0 Å². The predicted octanol–water partition coefficient (Wildman–Crippen LogP) is -1.27. The van der Waals surface area contributed by atoms with Crippen LogP contribution in [0.5, 0.6) is 0 Å². The molecule has 0 bridgehead atoms. The van der Waals surface area contributed by atoms with Crippen molar-refractivity contribution in [1.82, 2.24) is 0 Å². The number of benzene rings is 1.